The number of morpholine rings is 1. The van der Waals surface area contributed by atoms with Gasteiger partial charge in [0.25, 0.3) is 17.4 Å². The topological polar surface area (TPSA) is 107 Å². The number of carbonyl (C=O) groups excluding carboxylic acids is 2. The summed E-state index contributed by atoms with van der Waals surface area (Å²) < 4.78 is 46.9. The molecule has 8 nitrogen and oxygen atoms in total. The van der Waals surface area contributed by atoms with Crippen LogP contribution in [0.25, 0.3) is 5.69 Å². The van der Waals surface area contributed by atoms with Gasteiger partial charge in [0.1, 0.15) is 5.82 Å². The number of nitrogens with zero attached hydrogens (tertiary/aromatic N) is 2. The zero-order chi connectivity index (χ0) is 22.7. The van der Waals surface area contributed by atoms with Crippen molar-refractivity contribution in [1.82, 2.24) is 9.88 Å². The number of rotatable bonds is 2. The minimum absolute atomic E-state index is 0.131. The first-order valence-corrected chi connectivity index (χ1v) is 9.50. The van der Waals surface area contributed by atoms with Gasteiger partial charge in [0.2, 0.25) is 0 Å². The lowest BCUT2D eigenvalue weighted by Crippen LogP contribution is -2.46. The molecule has 0 spiro atoms. The van der Waals surface area contributed by atoms with Crippen molar-refractivity contribution >= 4 is 23.3 Å². The van der Waals surface area contributed by atoms with Gasteiger partial charge in [-0.1, -0.05) is 0 Å². The Morgan fingerprint density at radius 3 is 2.29 bits per heavy atom. The second kappa shape index (κ2) is 7.12. The normalized spacial score (nSPS) is 21.3. The van der Waals surface area contributed by atoms with Gasteiger partial charge in [-0.2, -0.15) is 13.2 Å². The van der Waals surface area contributed by atoms with Gasteiger partial charge in [-0.3, -0.25) is 24.3 Å². The van der Waals surface area contributed by atoms with Crippen LogP contribution in [0.2, 0.25) is 0 Å². The summed E-state index contributed by atoms with van der Waals surface area (Å²) in [6, 6.07) is 3.92. The lowest BCUT2D eigenvalue weighted by Gasteiger charge is -2.38. The van der Waals surface area contributed by atoms with Gasteiger partial charge >= 0.3 is 6.18 Å². The molecule has 2 aliphatic rings. The second-order valence-corrected chi connectivity index (χ2v) is 7.64. The number of benzene rings is 1. The number of hydrogen-bond donors (Lipinski definition) is 2. The van der Waals surface area contributed by atoms with Crippen LogP contribution >= 0.6 is 0 Å². The highest BCUT2D eigenvalue weighted by Crippen LogP contribution is 2.36. The van der Waals surface area contributed by atoms with Gasteiger partial charge in [0.05, 0.1) is 40.3 Å². The van der Waals surface area contributed by atoms with Crippen LogP contribution in [-0.4, -0.2) is 41.7 Å². The number of alkyl halides is 3. The predicted molar refractivity (Wildman–Crippen MR) is 105 cm³/mol. The molecule has 0 aliphatic carbocycles. The first-order chi connectivity index (χ1) is 14.5. The monoisotopic (exact) mass is 436 g/mol. The summed E-state index contributed by atoms with van der Waals surface area (Å²) in [5.41, 5.74) is 4.01. The summed E-state index contributed by atoms with van der Waals surface area (Å²) in [5.74, 6) is -2.00. The van der Waals surface area contributed by atoms with E-state index in [1.165, 1.54) is 6.07 Å². The maximum atomic E-state index is 13.5. The van der Waals surface area contributed by atoms with Crippen LogP contribution in [0, 0.1) is 0 Å². The number of aromatic nitrogens is 1. The van der Waals surface area contributed by atoms with Crippen molar-refractivity contribution in [2.75, 3.05) is 23.7 Å². The van der Waals surface area contributed by atoms with E-state index < -0.39 is 34.9 Å². The van der Waals surface area contributed by atoms with E-state index in [0.29, 0.717) is 18.8 Å². The van der Waals surface area contributed by atoms with Gasteiger partial charge in [-0.25, -0.2) is 0 Å². The molecule has 4 rings (SSSR count). The number of anilines is 2. The highest BCUT2D eigenvalue weighted by molar-refractivity contribution is 6.23. The van der Waals surface area contributed by atoms with E-state index >= 15 is 0 Å². The first-order valence-electron chi connectivity index (χ1n) is 9.50. The molecular weight excluding hydrogens is 417 g/mol. The van der Waals surface area contributed by atoms with Crippen molar-refractivity contribution in [1.29, 1.82) is 0 Å². The Labute approximate surface area is 174 Å². The molecule has 11 heteroatoms. The van der Waals surface area contributed by atoms with Crippen molar-refractivity contribution in [3.63, 3.8) is 0 Å². The third kappa shape index (κ3) is 3.54. The molecule has 0 saturated carbocycles. The van der Waals surface area contributed by atoms with Gasteiger partial charge in [-0.15, -0.1) is 0 Å². The molecule has 1 saturated heterocycles. The average molecular weight is 436 g/mol. The lowest BCUT2D eigenvalue weighted by molar-refractivity contribution is -0.137. The predicted octanol–water partition coefficient (Wildman–Crippen LogP) is 1.94. The van der Waals surface area contributed by atoms with Gasteiger partial charge in [0.15, 0.2) is 0 Å². The molecule has 3 N–H and O–H groups in total. The number of hydrogen-bond acceptors (Lipinski definition) is 6. The fourth-order valence-corrected chi connectivity index (χ4v) is 4.05. The third-order valence-corrected chi connectivity index (χ3v) is 5.26. The van der Waals surface area contributed by atoms with Gasteiger partial charge in [0, 0.05) is 19.2 Å². The molecule has 31 heavy (non-hydrogen) atoms. The Balaban J connectivity index is 1.98. The maximum absolute atomic E-state index is 13.5. The zero-order valence-corrected chi connectivity index (χ0v) is 16.6. The molecule has 164 valence electrons. The van der Waals surface area contributed by atoms with Crippen molar-refractivity contribution in [3.8, 4) is 5.69 Å². The van der Waals surface area contributed by atoms with Gasteiger partial charge < -0.3 is 15.4 Å². The fraction of sp³-hybridized carbons (Fsp3) is 0.350. The number of nitrogen functional groups attached to an aromatic ring is 1. The van der Waals surface area contributed by atoms with Crippen LogP contribution < -0.4 is 21.5 Å². The molecule has 1 fully saturated rings. The number of halogens is 3. The SMILES string of the molecule is CC1CN(c2ccc(C(F)(F)F)cc2-n2c(N)c3c(cc2=O)C(=O)NC3=O)CC(C)O1. The largest absolute Gasteiger partial charge is 0.416 e. The van der Waals surface area contributed by atoms with E-state index in [2.05, 4.69) is 0 Å². The van der Waals surface area contributed by atoms with Crippen LogP contribution in [0.1, 0.15) is 40.1 Å². The summed E-state index contributed by atoms with van der Waals surface area (Å²) >= 11 is 0. The smallest absolute Gasteiger partial charge is 0.384 e. The second-order valence-electron chi connectivity index (χ2n) is 7.64. The van der Waals surface area contributed by atoms with Crippen molar-refractivity contribution < 1.29 is 27.5 Å². The minimum Gasteiger partial charge on any atom is -0.384 e. The minimum atomic E-state index is -4.67. The molecule has 0 radical (unpaired) electrons. The number of ether oxygens (including phenoxy) is 1. The number of fused-ring (bicyclic) bond motifs is 1. The van der Waals surface area contributed by atoms with Crippen LogP contribution in [0.5, 0.6) is 0 Å². The standard InChI is InChI=1S/C20H19F3N4O4/c1-9-7-26(8-10(2)31-9)13-4-3-11(20(21,22)23)5-14(13)27-15(28)6-12-16(17(27)24)19(30)25-18(12)29/h3-6,9-10H,7-8,24H2,1-2H3,(H,25,29,30). The molecule has 2 amide bonds. The van der Waals surface area contributed by atoms with Crippen molar-refractivity contribution in [3.05, 3.63) is 51.3 Å². The Bertz CT molecular complexity index is 1150. The Morgan fingerprint density at radius 2 is 1.68 bits per heavy atom. The molecular formula is C20H19F3N4O4. The highest BCUT2D eigenvalue weighted by Gasteiger charge is 2.35. The summed E-state index contributed by atoms with van der Waals surface area (Å²) in [6.45, 7) is 4.42. The van der Waals surface area contributed by atoms with Crippen molar-refractivity contribution in [2.45, 2.75) is 32.2 Å². The van der Waals surface area contributed by atoms with Gasteiger partial charge in [-0.05, 0) is 32.0 Å². The quantitative estimate of drug-likeness (QED) is 0.697. The van der Waals surface area contributed by atoms with E-state index in [-0.39, 0.29) is 29.0 Å². The zero-order valence-electron chi connectivity index (χ0n) is 16.6. The summed E-state index contributed by atoms with van der Waals surface area (Å²) in [6.07, 6.45) is -5.06. The maximum Gasteiger partial charge on any atom is 0.416 e. The number of imide groups is 1. The average Bonchev–Trinajstić information content (AvgIpc) is 2.93. The van der Waals surface area contributed by atoms with Crippen molar-refractivity contribution in [2.24, 2.45) is 0 Å². The Morgan fingerprint density at radius 1 is 1.03 bits per heavy atom. The third-order valence-electron chi connectivity index (χ3n) is 5.26. The number of nitrogens with one attached hydrogen (secondary N) is 1. The van der Waals surface area contributed by atoms with E-state index in [1.54, 1.807) is 4.90 Å². The molecule has 2 aromatic rings. The highest BCUT2D eigenvalue weighted by atomic mass is 19.4. The van der Waals surface area contributed by atoms with Crippen LogP contribution in [-0.2, 0) is 10.9 Å². The van der Waals surface area contributed by atoms with E-state index in [1.807, 2.05) is 19.2 Å². The summed E-state index contributed by atoms with van der Waals surface area (Å²) in [4.78, 5) is 38.7. The number of nitrogens with two attached hydrogens (primary N) is 1. The molecule has 2 atom stereocenters. The van der Waals surface area contributed by atoms with E-state index in [0.717, 1.165) is 22.8 Å². The molecule has 1 aromatic carbocycles. The van der Waals surface area contributed by atoms with Crippen LogP contribution in [0.4, 0.5) is 24.7 Å². The molecule has 0 bridgehead atoms. The lowest BCUT2D eigenvalue weighted by atomic mass is 10.1. The Hall–Kier alpha value is -3.34. The van der Waals surface area contributed by atoms with Crippen LogP contribution in [0.3, 0.4) is 0 Å². The number of amides is 2. The summed E-state index contributed by atoms with van der Waals surface area (Å²) in [5, 5.41) is 2.04. The molecule has 2 unspecified atom stereocenters. The van der Waals surface area contributed by atoms with E-state index in [4.69, 9.17) is 10.5 Å². The number of pyridine rings is 1. The van der Waals surface area contributed by atoms with Crippen LogP contribution in [0.15, 0.2) is 29.1 Å². The molecule has 1 aromatic heterocycles. The Kier molecular flexibility index (Phi) is 4.80. The fourth-order valence-electron chi connectivity index (χ4n) is 4.05. The molecule has 3 heterocycles. The first kappa shape index (κ1) is 20.9. The molecule has 2 aliphatic heterocycles. The van der Waals surface area contributed by atoms with E-state index in [9.17, 15) is 27.6 Å². The number of carbonyl (C=O) groups is 2. The summed E-state index contributed by atoms with van der Waals surface area (Å²) in [7, 11) is 0.